The van der Waals surface area contributed by atoms with Crippen LogP contribution in [-0.2, 0) is 18.4 Å². The van der Waals surface area contributed by atoms with E-state index in [2.05, 4.69) is 25.8 Å². The summed E-state index contributed by atoms with van der Waals surface area (Å²) in [7, 11) is 4.83. The van der Waals surface area contributed by atoms with Crippen LogP contribution < -0.4 is 20.1 Å². The molecule has 0 aliphatic rings. The zero-order valence-electron chi connectivity index (χ0n) is 20.8. The number of nitrogens with zero attached hydrogens (tertiary/aromatic N) is 4. The Morgan fingerprint density at radius 1 is 1.05 bits per heavy atom. The number of hydrogen-bond acceptors (Lipinski definition) is 9. The number of thioether (sulfide) groups is 1. The number of benzene rings is 2. The zero-order valence-corrected chi connectivity index (χ0v) is 22.4. The average molecular weight is 539 g/mol. The maximum atomic E-state index is 12.6. The first-order chi connectivity index (χ1) is 17.9. The van der Waals surface area contributed by atoms with Gasteiger partial charge in [0.1, 0.15) is 0 Å². The number of aromatic nitrogens is 4. The molecule has 0 radical (unpaired) electrons. The van der Waals surface area contributed by atoms with Crippen LogP contribution in [0, 0.1) is 6.92 Å². The van der Waals surface area contributed by atoms with Crippen LogP contribution in [-0.4, -0.2) is 51.5 Å². The lowest BCUT2D eigenvalue weighted by Crippen LogP contribution is -2.24. The van der Waals surface area contributed by atoms with E-state index in [1.165, 1.54) is 37.3 Å². The Bertz CT molecular complexity index is 1400. The number of carbonyl (C=O) groups excluding carboxylic acids is 2. The van der Waals surface area contributed by atoms with Crippen LogP contribution in [0.25, 0.3) is 11.3 Å². The summed E-state index contributed by atoms with van der Waals surface area (Å²) in [5.74, 6) is 1.23. The summed E-state index contributed by atoms with van der Waals surface area (Å²) in [5, 5.41) is 15.1. The van der Waals surface area contributed by atoms with E-state index in [0.717, 1.165) is 16.1 Å². The molecule has 0 saturated carbocycles. The molecule has 2 amide bonds. The van der Waals surface area contributed by atoms with Crippen molar-refractivity contribution in [2.24, 2.45) is 7.05 Å². The van der Waals surface area contributed by atoms with Crippen LogP contribution in [0.3, 0.4) is 0 Å². The Morgan fingerprint density at radius 3 is 2.54 bits per heavy atom. The first kappa shape index (κ1) is 26.2. The minimum atomic E-state index is -0.286. The summed E-state index contributed by atoms with van der Waals surface area (Å²) in [6, 6.07) is 14.8. The highest BCUT2D eigenvalue weighted by Crippen LogP contribution is 2.30. The molecule has 0 aliphatic heterocycles. The summed E-state index contributed by atoms with van der Waals surface area (Å²) in [4.78, 5) is 30.7. The second-order valence-corrected chi connectivity index (χ2v) is 9.98. The molecule has 0 atom stereocenters. The van der Waals surface area contributed by atoms with Crippen molar-refractivity contribution >= 4 is 40.0 Å². The van der Waals surface area contributed by atoms with Crippen LogP contribution in [0.2, 0.25) is 0 Å². The second-order valence-electron chi connectivity index (χ2n) is 7.84. The molecule has 0 saturated heterocycles. The lowest BCUT2D eigenvalue weighted by atomic mass is 10.1. The highest BCUT2D eigenvalue weighted by atomic mass is 32.2. The van der Waals surface area contributed by atoms with Gasteiger partial charge in [-0.2, -0.15) is 0 Å². The van der Waals surface area contributed by atoms with Gasteiger partial charge in [-0.25, -0.2) is 4.98 Å². The van der Waals surface area contributed by atoms with E-state index in [4.69, 9.17) is 9.47 Å². The number of methoxy groups -OCH3 is 2. The van der Waals surface area contributed by atoms with Gasteiger partial charge in [-0.15, -0.1) is 21.5 Å². The monoisotopic (exact) mass is 538 g/mol. The van der Waals surface area contributed by atoms with E-state index in [0.29, 0.717) is 33.2 Å². The second kappa shape index (κ2) is 11.9. The first-order valence-electron chi connectivity index (χ1n) is 11.2. The molecular formula is C25H26N6O4S2. The molecular weight excluding hydrogens is 512 g/mol. The predicted octanol–water partition coefficient (Wildman–Crippen LogP) is 3.93. The van der Waals surface area contributed by atoms with Gasteiger partial charge < -0.3 is 24.7 Å². The molecule has 2 N–H and O–H groups in total. The molecule has 2 heterocycles. The minimum Gasteiger partial charge on any atom is -0.493 e. The maximum absolute atomic E-state index is 12.6. The number of rotatable bonds is 10. The third-order valence-electron chi connectivity index (χ3n) is 5.40. The molecule has 192 valence electrons. The van der Waals surface area contributed by atoms with Crippen molar-refractivity contribution in [1.82, 2.24) is 25.1 Å². The van der Waals surface area contributed by atoms with E-state index >= 15 is 0 Å². The summed E-state index contributed by atoms with van der Waals surface area (Å²) >= 11 is 2.69. The van der Waals surface area contributed by atoms with Crippen molar-refractivity contribution in [3.63, 3.8) is 0 Å². The largest absolute Gasteiger partial charge is 0.493 e. The van der Waals surface area contributed by atoms with Gasteiger partial charge in [0, 0.05) is 23.1 Å². The highest BCUT2D eigenvalue weighted by Gasteiger charge is 2.16. The van der Waals surface area contributed by atoms with E-state index in [9.17, 15) is 9.59 Å². The minimum absolute atomic E-state index is 0.142. The van der Waals surface area contributed by atoms with Gasteiger partial charge in [-0.05, 0) is 25.1 Å². The number of amides is 2. The Balaban J connectivity index is 1.31. The van der Waals surface area contributed by atoms with Crippen molar-refractivity contribution in [3.8, 4) is 22.8 Å². The lowest BCUT2D eigenvalue weighted by molar-refractivity contribution is -0.113. The summed E-state index contributed by atoms with van der Waals surface area (Å²) in [6.07, 6.45) is 0. The van der Waals surface area contributed by atoms with Crippen LogP contribution in [0.15, 0.2) is 53.7 Å². The zero-order chi connectivity index (χ0) is 26.4. The normalized spacial score (nSPS) is 10.7. The Kier molecular flexibility index (Phi) is 8.41. The smallest absolute Gasteiger partial charge is 0.251 e. The van der Waals surface area contributed by atoms with E-state index in [1.807, 2.05) is 37.3 Å². The Morgan fingerprint density at radius 2 is 1.81 bits per heavy atom. The van der Waals surface area contributed by atoms with Crippen LogP contribution in [0.5, 0.6) is 11.5 Å². The molecule has 37 heavy (non-hydrogen) atoms. The van der Waals surface area contributed by atoms with Gasteiger partial charge in [0.2, 0.25) is 5.91 Å². The predicted molar refractivity (Wildman–Crippen MR) is 143 cm³/mol. The summed E-state index contributed by atoms with van der Waals surface area (Å²) in [5.41, 5.74) is 2.30. The van der Waals surface area contributed by atoms with Crippen LogP contribution in [0.4, 0.5) is 5.13 Å². The molecule has 0 aliphatic carbocycles. The molecule has 2 aromatic carbocycles. The number of ether oxygens (including phenoxy) is 2. The number of anilines is 1. The standard InChI is InChI=1S/C25H26N6O4S2/c1-15-22(16-8-6-5-7-9-16)28-24(37-15)27-21(32)14-36-25-30-29-20(31(25)2)13-26-23(33)17-10-11-18(34-3)19(12-17)35-4/h5-12H,13-14H2,1-4H3,(H,26,33)(H,27,28,32). The highest BCUT2D eigenvalue weighted by molar-refractivity contribution is 7.99. The van der Waals surface area contributed by atoms with Gasteiger partial charge in [-0.3, -0.25) is 9.59 Å². The van der Waals surface area contributed by atoms with Crippen molar-refractivity contribution < 1.29 is 19.1 Å². The number of hydrogen-bond donors (Lipinski definition) is 2. The number of aryl methyl sites for hydroxylation is 1. The van der Waals surface area contributed by atoms with Crippen molar-refractivity contribution in [2.45, 2.75) is 18.6 Å². The van der Waals surface area contributed by atoms with Gasteiger partial charge in [-0.1, -0.05) is 42.1 Å². The number of nitrogens with one attached hydrogen (secondary N) is 2. The van der Waals surface area contributed by atoms with Crippen molar-refractivity contribution in [1.29, 1.82) is 0 Å². The topological polar surface area (TPSA) is 120 Å². The number of carbonyl (C=O) groups is 2. The summed E-state index contributed by atoms with van der Waals surface area (Å²) < 4.78 is 12.2. The Labute approximate surface area is 222 Å². The molecule has 2 aromatic heterocycles. The van der Waals surface area contributed by atoms with Crippen molar-refractivity contribution in [3.05, 3.63) is 64.8 Å². The molecule has 0 bridgehead atoms. The average Bonchev–Trinajstić information content (AvgIpc) is 3.46. The van der Waals surface area contributed by atoms with E-state index in [1.54, 1.807) is 29.8 Å². The van der Waals surface area contributed by atoms with Crippen molar-refractivity contribution in [2.75, 3.05) is 25.3 Å². The summed E-state index contributed by atoms with van der Waals surface area (Å²) in [6.45, 7) is 2.15. The Hall–Kier alpha value is -3.90. The van der Waals surface area contributed by atoms with Gasteiger partial charge in [0.25, 0.3) is 5.91 Å². The molecule has 0 fully saturated rings. The van der Waals surface area contributed by atoms with Gasteiger partial charge >= 0.3 is 0 Å². The quantitative estimate of drug-likeness (QED) is 0.292. The SMILES string of the molecule is COc1ccc(C(=O)NCc2nnc(SCC(=O)Nc3nc(-c4ccccc4)c(C)s3)n2C)cc1OC. The van der Waals surface area contributed by atoms with Gasteiger partial charge in [0.15, 0.2) is 27.6 Å². The first-order valence-corrected chi connectivity index (χ1v) is 13.0. The third kappa shape index (κ3) is 6.27. The van der Waals surface area contributed by atoms with Crippen LogP contribution >= 0.6 is 23.1 Å². The molecule has 10 nitrogen and oxygen atoms in total. The van der Waals surface area contributed by atoms with E-state index < -0.39 is 0 Å². The van der Waals surface area contributed by atoms with Gasteiger partial charge in [0.05, 0.1) is 32.2 Å². The fourth-order valence-electron chi connectivity index (χ4n) is 3.46. The number of thiazole rings is 1. The fourth-order valence-corrected chi connectivity index (χ4v) is 5.04. The van der Waals surface area contributed by atoms with Crippen LogP contribution in [0.1, 0.15) is 21.1 Å². The maximum Gasteiger partial charge on any atom is 0.251 e. The third-order valence-corrected chi connectivity index (χ3v) is 7.31. The molecule has 4 aromatic rings. The van der Waals surface area contributed by atoms with E-state index in [-0.39, 0.29) is 24.1 Å². The molecule has 0 unspecified atom stereocenters. The lowest BCUT2D eigenvalue weighted by Gasteiger charge is -2.10. The molecule has 0 spiro atoms. The fraction of sp³-hybridized carbons (Fsp3) is 0.240. The molecule has 12 heteroatoms. The molecule has 4 rings (SSSR count).